The van der Waals surface area contributed by atoms with E-state index in [1.165, 1.54) is 6.20 Å². The molecule has 1 N–H and O–H groups in total. The Morgan fingerprint density at radius 2 is 2.05 bits per heavy atom. The fourth-order valence-corrected chi connectivity index (χ4v) is 2.71. The van der Waals surface area contributed by atoms with E-state index in [-0.39, 0.29) is 0 Å². The van der Waals surface area contributed by atoms with Gasteiger partial charge in [-0.05, 0) is 50.4 Å². The van der Waals surface area contributed by atoms with Gasteiger partial charge in [0.05, 0.1) is 5.56 Å². The molecule has 21 heavy (non-hydrogen) atoms. The molecular weight excluding hydrogens is 279 g/mol. The largest absolute Gasteiger partial charge is 0.416 e. The van der Waals surface area contributed by atoms with Crippen molar-refractivity contribution in [2.24, 2.45) is 5.92 Å². The van der Waals surface area contributed by atoms with Gasteiger partial charge in [-0.25, -0.2) is 4.98 Å². The van der Waals surface area contributed by atoms with E-state index in [2.05, 4.69) is 10.3 Å². The van der Waals surface area contributed by atoms with Gasteiger partial charge in [-0.3, -0.25) is 0 Å². The molecule has 0 saturated carbocycles. The Morgan fingerprint density at radius 3 is 2.67 bits per heavy atom. The Balaban J connectivity index is 2.13. The van der Waals surface area contributed by atoms with Gasteiger partial charge in [0.25, 0.3) is 0 Å². The van der Waals surface area contributed by atoms with E-state index < -0.39 is 11.7 Å². The number of hydrogen-bond donors (Lipinski definition) is 1. The lowest BCUT2D eigenvalue weighted by molar-refractivity contribution is -0.137. The fraction of sp³-hybridized carbons (Fsp3) is 0.667. The summed E-state index contributed by atoms with van der Waals surface area (Å²) in [5.74, 6) is 0.958. The first-order valence-corrected chi connectivity index (χ1v) is 7.49. The lowest BCUT2D eigenvalue weighted by atomic mass is 9.97. The van der Waals surface area contributed by atoms with Gasteiger partial charge in [0.1, 0.15) is 5.82 Å². The second-order valence-corrected chi connectivity index (χ2v) is 5.54. The number of rotatable bonds is 5. The number of anilines is 1. The lowest BCUT2D eigenvalue weighted by Gasteiger charge is -2.31. The van der Waals surface area contributed by atoms with Gasteiger partial charge in [0, 0.05) is 19.3 Å². The summed E-state index contributed by atoms with van der Waals surface area (Å²) in [5, 5.41) is 3.31. The molecule has 0 unspecified atom stereocenters. The maximum absolute atomic E-state index is 12.8. The van der Waals surface area contributed by atoms with Crippen molar-refractivity contribution in [3.8, 4) is 0 Å². The first-order chi connectivity index (χ1) is 10.0. The van der Waals surface area contributed by atoms with Crippen LogP contribution in [0.1, 0.15) is 31.7 Å². The van der Waals surface area contributed by atoms with Gasteiger partial charge in [0.15, 0.2) is 0 Å². The molecule has 0 atom stereocenters. The van der Waals surface area contributed by atoms with Crippen molar-refractivity contribution in [2.45, 2.75) is 32.4 Å². The predicted octanol–water partition coefficient (Wildman–Crippen LogP) is 3.32. The first-order valence-electron chi connectivity index (χ1n) is 7.49. The van der Waals surface area contributed by atoms with Crippen LogP contribution in [0.25, 0.3) is 0 Å². The Hall–Kier alpha value is -1.30. The molecule has 3 nitrogen and oxygen atoms in total. The smallest absolute Gasteiger partial charge is 0.356 e. The lowest BCUT2D eigenvalue weighted by Crippen LogP contribution is -2.37. The molecule has 0 bridgehead atoms. The van der Waals surface area contributed by atoms with E-state index in [0.29, 0.717) is 11.7 Å². The number of nitrogens with zero attached hydrogens (tertiary/aromatic N) is 2. The highest BCUT2D eigenvalue weighted by Gasteiger charge is 2.31. The minimum absolute atomic E-state index is 0.435. The van der Waals surface area contributed by atoms with Crippen molar-refractivity contribution in [1.29, 1.82) is 0 Å². The molecule has 1 aliphatic rings. The third-order valence-corrected chi connectivity index (χ3v) is 3.83. The molecule has 1 fully saturated rings. The number of nitrogens with one attached hydrogen (secondary N) is 1. The van der Waals surface area contributed by atoms with Crippen LogP contribution in [0.4, 0.5) is 19.0 Å². The number of piperidine rings is 1. The Kier molecular flexibility index (Phi) is 5.45. The predicted molar refractivity (Wildman–Crippen MR) is 77.3 cm³/mol. The zero-order chi connectivity index (χ0) is 15.3. The third-order valence-electron chi connectivity index (χ3n) is 3.83. The molecule has 1 saturated heterocycles. The quantitative estimate of drug-likeness (QED) is 0.904. The highest BCUT2D eigenvalue weighted by Crippen LogP contribution is 2.31. The monoisotopic (exact) mass is 301 g/mol. The van der Waals surface area contributed by atoms with Crippen LogP contribution in [0.15, 0.2) is 18.3 Å². The molecule has 1 aromatic rings. The first kappa shape index (κ1) is 16.1. The van der Waals surface area contributed by atoms with Crippen LogP contribution in [-0.4, -0.2) is 31.2 Å². The van der Waals surface area contributed by atoms with Crippen molar-refractivity contribution < 1.29 is 13.2 Å². The Labute approximate surface area is 123 Å². The Bertz CT molecular complexity index is 442. The van der Waals surface area contributed by atoms with Crippen LogP contribution in [0.2, 0.25) is 0 Å². The van der Waals surface area contributed by atoms with Crippen LogP contribution in [0.5, 0.6) is 0 Å². The standard InChI is InChI=1S/C15H22F3N3/c1-2-9-21(11-12-3-6-19-7-4-12)14-10-13(5-8-20-14)15(16,17)18/h5,8,10,12,19H,2-4,6-7,9,11H2,1H3. The van der Waals surface area contributed by atoms with E-state index in [1.807, 2.05) is 11.8 Å². The van der Waals surface area contributed by atoms with E-state index in [1.54, 1.807) is 0 Å². The van der Waals surface area contributed by atoms with Crippen molar-refractivity contribution >= 4 is 5.82 Å². The number of aromatic nitrogens is 1. The SMILES string of the molecule is CCCN(CC1CCNCC1)c1cc(C(F)(F)F)ccn1. The summed E-state index contributed by atoms with van der Waals surface area (Å²) < 4.78 is 38.5. The molecular formula is C15H22F3N3. The fourth-order valence-electron chi connectivity index (χ4n) is 2.71. The second-order valence-electron chi connectivity index (χ2n) is 5.54. The van der Waals surface area contributed by atoms with Gasteiger partial charge in [-0.1, -0.05) is 6.92 Å². The van der Waals surface area contributed by atoms with Crippen LogP contribution in [-0.2, 0) is 6.18 Å². The van der Waals surface area contributed by atoms with E-state index >= 15 is 0 Å². The second kappa shape index (κ2) is 7.11. The number of alkyl halides is 3. The normalized spacial score (nSPS) is 17.0. The van der Waals surface area contributed by atoms with Gasteiger partial charge < -0.3 is 10.2 Å². The van der Waals surface area contributed by atoms with Crippen LogP contribution in [0, 0.1) is 5.92 Å². The summed E-state index contributed by atoms with van der Waals surface area (Å²) in [6.07, 6.45) is -0.0329. The molecule has 6 heteroatoms. The minimum Gasteiger partial charge on any atom is -0.356 e. The van der Waals surface area contributed by atoms with Crippen molar-refractivity contribution in [3.05, 3.63) is 23.9 Å². The maximum atomic E-state index is 12.8. The summed E-state index contributed by atoms with van der Waals surface area (Å²) in [6.45, 7) is 5.52. The topological polar surface area (TPSA) is 28.2 Å². The van der Waals surface area contributed by atoms with E-state index in [0.717, 1.165) is 57.6 Å². The summed E-state index contributed by atoms with van der Waals surface area (Å²) in [5.41, 5.74) is -0.626. The van der Waals surface area contributed by atoms with Crippen LogP contribution in [0.3, 0.4) is 0 Å². The molecule has 1 aromatic heterocycles. The number of pyridine rings is 1. The Morgan fingerprint density at radius 1 is 1.33 bits per heavy atom. The third kappa shape index (κ3) is 4.59. The average molecular weight is 301 g/mol. The zero-order valence-corrected chi connectivity index (χ0v) is 12.3. The van der Waals surface area contributed by atoms with Crippen LogP contribution >= 0.6 is 0 Å². The highest BCUT2D eigenvalue weighted by atomic mass is 19.4. The van der Waals surface area contributed by atoms with Crippen molar-refractivity contribution in [1.82, 2.24) is 10.3 Å². The van der Waals surface area contributed by atoms with Crippen molar-refractivity contribution in [2.75, 3.05) is 31.1 Å². The maximum Gasteiger partial charge on any atom is 0.416 e. The van der Waals surface area contributed by atoms with Gasteiger partial charge >= 0.3 is 6.18 Å². The molecule has 0 aromatic carbocycles. The van der Waals surface area contributed by atoms with Gasteiger partial charge in [-0.15, -0.1) is 0 Å². The molecule has 118 valence electrons. The van der Waals surface area contributed by atoms with Gasteiger partial charge in [0.2, 0.25) is 0 Å². The summed E-state index contributed by atoms with van der Waals surface area (Å²) in [4.78, 5) is 6.14. The van der Waals surface area contributed by atoms with E-state index in [4.69, 9.17) is 0 Å². The molecule has 0 aliphatic carbocycles. The summed E-state index contributed by atoms with van der Waals surface area (Å²) in [7, 11) is 0. The molecule has 2 rings (SSSR count). The summed E-state index contributed by atoms with van der Waals surface area (Å²) >= 11 is 0. The summed E-state index contributed by atoms with van der Waals surface area (Å²) in [6, 6.07) is 2.19. The molecule has 0 spiro atoms. The van der Waals surface area contributed by atoms with Crippen LogP contribution < -0.4 is 10.2 Å². The van der Waals surface area contributed by atoms with Gasteiger partial charge in [-0.2, -0.15) is 13.2 Å². The molecule has 0 radical (unpaired) electrons. The number of hydrogen-bond acceptors (Lipinski definition) is 3. The van der Waals surface area contributed by atoms with E-state index in [9.17, 15) is 13.2 Å². The average Bonchev–Trinajstić information content (AvgIpc) is 2.47. The molecule has 0 amide bonds. The molecule has 2 heterocycles. The minimum atomic E-state index is -4.32. The van der Waals surface area contributed by atoms with Crippen molar-refractivity contribution in [3.63, 3.8) is 0 Å². The number of halogens is 3. The molecule has 1 aliphatic heterocycles. The highest BCUT2D eigenvalue weighted by molar-refractivity contribution is 5.42. The zero-order valence-electron chi connectivity index (χ0n) is 12.3.